The van der Waals surface area contributed by atoms with E-state index in [-0.39, 0.29) is 5.56 Å². The summed E-state index contributed by atoms with van der Waals surface area (Å²) in [6.07, 6.45) is -2.90. The zero-order valence-corrected chi connectivity index (χ0v) is 23.1. The van der Waals surface area contributed by atoms with Crippen LogP contribution in [-0.2, 0) is 25.7 Å². The van der Waals surface area contributed by atoms with Crippen LogP contribution in [0.2, 0.25) is 0 Å². The molecule has 2 N–H and O–H groups in total. The maximum Gasteiger partial charge on any atom is 0.337 e. The van der Waals surface area contributed by atoms with E-state index in [1.54, 1.807) is 32.9 Å². The molecular formula is C30H35F2N3O5. The van der Waals surface area contributed by atoms with Gasteiger partial charge in [0.1, 0.15) is 6.04 Å². The van der Waals surface area contributed by atoms with Gasteiger partial charge in [0.2, 0.25) is 6.43 Å². The predicted molar refractivity (Wildman–Crippen MR) is 145 cm³/mol. The lowest BCUT2D eigenvalue weighted by molar-refractivity contribution is -0.167. The number of morpholine rings is 1. The van der Waals surface area contributed by atoms with E-state index >= 15 is 0 Å². The largest absolute Gasteiger partial charge is 0.379 e. The molecule has 1 fully saturated rings. The summed E-state index contributed by atoms with van der Waals surface area (Å²) in [5.41, 5.74) is 3.81. The highest BCUT2D eigenvalue weighted by Gasteiger charge is 2.34. The molecule has 8 nitrogen and oxygen atoms in total. The van der Waals surface area contributed by atoms with Crippen molar-refractivity contribution in [3.8, 4) is 11.8 Å². The van der Waals surface area contributed by atoms with Crippen LogP contribution >= 0.6 is 0 Å². The molecule has 0 aliphatic carbocycles. The number of amides is 2. The molecule has 1 saturated heterocycles. The number of nitrogens with one attached hydrogen (secondary N) is 2. The number of halogens is 2. The van der Waals surface area contributed by atoms with Gasteiger partial charge in [0, 0.05) is 42.2 Å². The molecular weight excluding hydrogens is 520 g/mol. The summed E-state index contributed by atoms with van der Waals surface area (Å²) in [6.45, 7) is 10.0. The van der Waals surface area contributed by atoms with E-state index in [0.29, 0.717) is 5.56 Å². The quantitative estimate of drug-likeness (QED) is 0.401. The highest BCUT2D eigenvalue weighted by atomic mass is 19.3. The molecule has 0 saturated carbocycles. The first-order chi connectivity index (χ1) is 18.9. The molecule has 0 aromatic heterocycles. The van der Waals surface area contributed by atoms with Crippen LogP contribution in [0.3, 0.4) is 0 Å². The fraction of sp³-hybridized carbons (Fsp3) is 0.433. The maximum absolute atomic E-state index is 13.4. The first-order valence-electron chi connectivity index (χ1n) is 13.1. The van der Waals surface area contributed by atoms with Gasteiger partial charge in [-0.2, -0.15) is 5.48 Å². The van der Waals surface area contributed by atoms with Crippen LogP contribution in [0.25, 0.3) is 0 Å². The smallest absolute Gasteiger partial charge is 0.337 e. The Bertz CT molecular complexity index is 1230. The van der Waals surface area contributed by atoms with Crippen molar-refractivity contribution in [2.45, 2.75) is 46.7 Å². The second kappa shape index (κ2) is 14.0. The Kier molecular flexibility index (Phi) is 10.8. The molecule has 0 radical (unpaired) electrons. The molecule has 1 aliphatic heterocycles. The third-order valence-corrected chi connectivity index (χ3v) is 6.31. The van der Waals surface area contributed by atoms with Crippen molar-refractivity contribution < 1.29 is 32.7 Å². The number of nitrogens with zero attached hydrogens (tertiary/aromatic N) is 1. The van der Waals surface area contributed by atoms with Crippen LogP contribution in [0, 0.1) is 23.2 Å². The molecule has 2 amide bonds. The normalized spacial score (nSPS) is 15.4. The van der Waals surface area contributed by atoms with E-state index in [4.69, 9.17) is 9.57 Å². The standard InChI is InChI=1S/C30H35F2N3O5/c1-20(26(31)32)25(28(37)34-40-29(38)30(2,3)4)33-27(36)24-13-11-22(12-14-24)6-5-21-7-9-23(10-8-21)19-35-15-17-39-18-16-35/h7-14,20,25-26H,15-19H2,1-4H3,(H,33,36)(H,34,37). The lowest BCUT2D eigenvalue weighted by atomic mass is 9.98. The maximum atomic E-state index is 13.4. The molecule has 1 aliphatic rings. The summed E-state index contributed by atoms with van der Waals surface area (Å²) in [7, 11) is 0. The van der Waals surface area contributed by atoms with Gasteiger partial charge < -0.3 is 14.9 Å². The van der Waals surface area contributed by atoms with Crippen molar-refractivity contribution in [1.82, 2.24) is 15.7 Å². The SMILES string of the molecule is CC(C(F)F)C(NC(=O)c1ccc(C#Cc2ccc(CN3CCOCC3)cc2)cc1)C(=O)NOC(=O)C(C)(C)C. The van der Waals surface area contributed by atoms with Crippen LogP contribution in [-0.4, -0.2) is 61.5 Å². The second-order valence-electron chi connectivity index (χ2n) is 10.7. The number of ether oxygens (including phenoxy) is 1. The number of carbonyl (C=O) groups excluding carboxylic acids is 3. The highest BCUT2D eigenvalue weighted by Crippen LogP contribution is 2.17. The zero-order chi connectivity index (χ0) is 29.3. The summed E-state index contributed by atoms with van der Waals surface area (Å²) in [5.74, 6) is 2.04. The van der Waals surface area contributed by atoms with Crippen molar-refractivity contribution >= 4 is 17.8 Å². The van der Waals surface area contributed by atoms with E-state index in [9.17, 15) is 23.2 Å². The first kappa shape index (κ1) is 30.7. The third kappa shape index (κ3) is 9.14. The number of hydrogen-bond acceptors (Lipinski definition) is 6. The van der Waals surface area contributed by atoms with Crippen molar-refractivity contribution in [3.63, 3.8) is 0 Å². The average Bonchev–Trinajstić information content (AvgIpc) is 2.93. The summed E-state index contributed by atoms with van der Waals surface area (Å²) >= 11 is 0. The Morgan fingerprint density at radius 3 is 2.05 bits per heavy atom. The Balaban J connectivity index is 1.60. The lowest BCUT2D eigenvalue weighted by Crippen LogP contribution is -2.52. The van der Waals surface area contributed by atoms with Crippen molar-refractivity contribution in [3.05, 3.63) is 70.8 Å². The number of carbonyl (C=O) groups is 3. The van der Waals surface area contributed by atoms with Gasteiger partial charge in [-0.05, 0) is 62.7 Å². The summed E-state index contributed by atoms with van der Waals surface area (Å²) in [5, 5.41) is 2.32. The van der Waals surface area contributed by atoms with Gasteiger partial charge in [0.15, 0.2) is 0 Å². The van der Waals surface area contributed by atoms with Gasteiger partial charge in [-0.1, -0.05) is 30.9 Å². The van der Waals surface area contributed by atoms with E-state index in [1.807, 2.05) is 29.7 Å². The van der Waals surface area contributed by atoms with Crippen LogP contribution in [0.4, 0.5) is 8.78 Å². The van der Waals surface area contributed by atoms with E-state index < -0.39 is 41.6 Å². The average molecular weight is 556 g/mol. The molecule has 2 unspecified atom stereocenters. The van der Waals surface area contributed by atoms with Crippen LogP contribution < -0.4 is 10.8 Å². The molecule has 10 heteroatoms. The minimum absolute atomic E-state index is 0.156. The number of alkyl halides is 2. The second-order valence-corrected chi connectivity index (χ2v) is 10.7. The number of benzene rings is 2. The molecule has 2 aromatic rings. The van der Waals surface area contributed by atoms with Crippen LogP contribution in [0.1, 0.15) is 54.7 Å². The molecule has 0 spiro atoms. The molecule has 0 bridgehead atoms. The third-order valence-electron chi connectivity index (χ3n) is 6.31. The van der Waals surface area contributed by atoms with Gasteiger partial charge in [-0.3, -0.25) is 14.5 Å². The monoisotopic (exact) mass is 555 g/mol. The van der Waals surface area contributed by atoms with Crippen LogP contribution in [0.5, 0.6) is 0 Å². The molecule has 214 valence electrons. The zero-order valence-electron chi connectivity index (χ0n) is 23.1. The number of rotatable bonds is 7. The Hall–Kier alpha value is -3.81. The van der Waals surface area contributed by atoms with Gasteiger partial charge in [0.25, 0.3) is 11.8 Å². The molecule has 2 atom stereocenters. The Morgan fingerprint density at radius 1 is 0.975 bits per heavy atom. The summed E-state index contributed by atoms with van der Waals surface area (Å²) < 4.78 is 32.2. The minimum Gasteiger partial charge on any atom is -0.379 e. The molecule has 2 aromatic carbocycles. The lowest BCUT2D eigenvalue weighted by Gasteiger charge is -2.26. The fourth-order valence-electron chi connectivity index (χ4n) is 3.68. The van der Waals surface area contributed by atoms with E-state index in [0.717, 1.165) is 45.3 Å². The van der Waals surface area contributed by atoms with Gasteiger partial charge in [-0.25, -0.2) is 13.6 Å². The number of hydrogen-bond donors (Lipinski definition) is 2. The van der Waals surface area contributed by atoms with Gasteiger partial charge in [0.05, 0.1) is 18.6 Å². The highest BCUT2D eigenvalue weighted by molar-refractivity contribution is 5.97. The summed E-state index contributed by atoms with van der Waals surface area (Å²) in [4.78, 5) is 44.3. The van der Waals surface area contributed by atoms with Crippen molar-refractivity contribution in [2.24, 2.45) is 11.3 Å². The van der Waals surface area contributed by atoms with Gasteiger partial charge >= 0.3 is 5.97 Å². The molecule has 40 heavy (non-hydrogen) atoms. The summed E-state index contributed by atoms with van der Waals surface area (Å²) in [6, 6.07) is 12.6. The van der Waals surface area contributed by atoms with Crippen LogP contribution in [0.15, 0.2) is 48.5 Å². The van der Waals surface area contributed by atoms with Crippen molar-refractivity contribution in [1.29, 1.82) is 0 Å². The Labute approximate surface area is 233 Å². The fourth-order valence-corrected chi connectivity index (χ4v) is 3.68. The minimum atomic E-state index is -2.90. The Morgan fingerprint density at radius 2 is 1.52 bits per heavy atom. The molecule has 3 rings (SSSR count). The topological polar surface area (TPSA) is 97.0 Å². The first-order valence-corrected chi connectivity index (χ1v) is 13.1. The molecule has 1 heterocycles. The van der Waals surface area contributed by atoms with E-state index in [1.165, 1.54) is 17.7 Å². The van der Waals surface area contributed by atoms with Crippen molar-refractivity contribution in [2.75, 3.05) is 26.3 Å². The van der Waals surface area contributed by atoms with E-state index in [2.05, 4.69) is 22.1 Å². The number of hydroxylamine groups is 1. The van der Waals surface area contributed by atoms with Gasteiger partial charge in [-0.15, -0.1) is 0 Å². The predicted octanol–water partition coefficient (Wildman–Crippen LogP) is 3.54.